The summed E-state index contributed by atoms with van der Waals surface area (Å²) < 4.78 is 37.9. The van der Waals surface area contributed by atoms with E-state index in [1.807, 2.05) is 13.8 Å². The summed E-state index contributed by atoms with van der Waals surface area (Å²) in [4.78, 5) is 12.3. The summed E-state index contributed by atoms with van der Waals surface area (Å²) in [6.45, 7) is 4.05. The molecule has 27 heavy (non-hydrogen) atoms. The average Bonchev–Trinajstić information content (AvgIpc) is 3.09. The van der Waals surface area contributed by atoms with Gasteiger partial charge in [-0.3, -0.25) is 4.79 Å². The monoisotopic (exact) mass is 396 g/mol. The Kier molecular flexibility index (Phi) is 6.26. The van der Waals surface area contributed by atoms with Crippen molar-refractivity contribution in [1.29, 1.82) is 0 Å². The third-order valence-electron chi connectivity index (χ3n) is 5.05. The summed E-state index contributed by atoms with van der Waals surface area (Å²) >= 11 is 0. The maximum absolute atomic E-state index is 12.9. The fourth-order valence-corrected chi connectivity index (χ4v) is 5.72. The Labute approximate surface area is 161 Å². The smallest absolute Gasteiger partial charge is 0.251 e. The molecule has 7 nitrogen and oxygen atoms in total. The van der Waals surface area contributed by atoms with Crippen LogP contribution in [0.15, 0.2) is 18.2 Å². The van der Waals surface area contributed by atoms with Crippen molar-refractivity contribution >= 4 is 15.9 Å². The third-order valence-corrected chi connectivity index (χ3v) is 7.13. The van der Waals surface area contributed by atoms with Crippen LogP contribution in [-0.4, -0.2) is 49.8 Å². The van der Waals surface area contributed by atoms with Crippen molar-refractivity contribution in [3.8, 4) is 11.5 Å². The van der Waals surface area contributed by atoms with Crippen molar-refractivity contribution in [2.24, 2.45) is 0 Å². The molecule has 2 aliphatic rings. The maximum atomic E-state index is 12.9. The molecule has 1 heterocycles. The lowest BCUT2D eigenvalue weighted by Crippen LogP contribution is -2.48. The van der Waals surface area contributed by atoms with Gasteiger partial charge in [0.1, 0.15) is 0 Å². The highest BCUT2D eigenvalue weighted by Gasteiger charge is 2.32. The van der Waals surface area contributed by atoms with E-state index in [4.69, 9.17) is 9.47 Å². The van der Waals surface area contributed by atoms with Crippen molar-refractivity contribution in [1.82, 2.24) is 9.62 Å². The van der Waals surface area contributed by atoms with Crippen LogP contribution < -0.4 is 14.8 Å². The molecule has 0 radical (unpaired) electrons. The summed E-state index contributed by atoms with van der Waals surface area (Å²) in [6.07, 6.45) is 5.16. The van der Waals surface area contributed by atoms with Gasteiger partial charge in [-0.15, -0.1) is 0 Å². The maximum Gasteiger partial charge on any atom is 0.251 e. The molecule has 1 saturated carbocycles. The van der Waals surface area contributed by atoms with Gasteiger partial charge in [0.25, 0.3) is 5.91 Å². The Bertz CT molecular complexity index is 772. The van der Waals surface area contributed by atoms with Crippen LogP contribution in [-0.2, 0) is 10.0 Å². The number of rotatable bonds is 7. The minimum absolute atomic E-state index is 0.0749. The van der Waals surface area contributed by atoms with E-state index in [1.54, 1.807) is 22.5 Å². The van der Waals surface area contributed by atoms with Gasteiger partial charge in [0.15, 0.2) is 11.5 Å². The number of benzene rings is 1. The Morgan fingerprint density at radius 3 is 2.59 bits per heavy atom. The van der Waals surface area contributed by atoms with Crippen LogP contribution in [0.1, 0.15) is 56.3 Å². The number of hydrogen-bond acceptors (Lipinski definition) is 5. The number of hydrogen-bond donors (Lipinski definition) is 1. The molecule has 0 aromatic heterocycles. The number of nitrogens with zero attached hydrogens (tertiary/aromatic N) is 1. The Morgan fingerprint density at radius 2 is 1.89 bits per heavy atom. The second-order valence-corrected chi connectivity index (χ2v) is 9.35. The summed E-state index contributed by atoms with van der Waals surface area (Å²) in [6, 6.07) is 4.92. The number of carbonyl (C=O) groups excluding carboxylic acids is 1. The van der Waals surface area contributed by atoms with Crippen LogP contribution in [0.5, 0.6) is 11.5 Å². The van der Waals surface area contributed by atoms with Gasteiger partial charge in [-0.05, 0) is 44.9 Å². The first kappa shape index (κ1) is 19.9. The van der Waals surface area contributed by atoms with E-state index in [9.17, 15) is 13.2 Å². The third kappa shape index (κ3) is 4.73. The quantitative estimate of drug-likeness (QED) is 0.765. The van der Waals surface area contributed by atoms with E-state index in [0.29, 0.717) is 17.1 Å². The van der Waals surface area contributed by atoms with Crippen LogP contribution in [0.4, 0.5) is 0 Å². The second kappa shape index (κ2) is 8.48. The van der Waals surface area contributed by atoms with Gasteiger partial charge in [-0.25, -0.2) is 8.42 Å². The number of fused-ring (bicyclic) bond motifs is 1. The minimum Gasteiger partial charge on any atom is -0.454 e. The summed E-state index contributed by atoms with van der Waals surface area (Å²) in [5.41, 5.74) is 0.421. The minimum atomic E-state index is -3.43. The van der Waals surface area contributed by atoms with Crippen molar-refractivity contribution in [3.05, 3.63) is 23.8 Å². The molecule has 1 aliphatic carbocycles. The highest BCUT2D eigenvalue weighted by atomic mass is 32.2. The lowest BCUT2D eigenvalue weighted by Gasteiger charge is -2.36. The molecular weight excluding hydrogens is 368 g/mol. The van der Waals surface area contributed by atoms with E-state index >= 15 is 0 Å². The number of nitrogens with one attached hydrogen (secondary N) is 1. The normalized spacial score (nSPS) is 17.5. The molecule has 1 aromatic rings. The summed E-state index contributed by atoms with van der Waals surface area (Å²) in [7, 11) is -3.43. The highest BCUT2D eigenvalue weighted by molar-refractivity contribution is 7.89. The fraction of sp³-hybridized carbons (Fsp3) is 0.632. The highest BCUT2D eigenvalue weighted by Crippen LogP contribution is 2.32. The van der Waals surface area contributed by atoms with Crippen molar-refractivity contribution in [2.75, 3.05) is 19.1 Å². The number of ether oxygens (including phenoxy) is 2. The second-order valence-electron chi connectivity index (χ2n) is 7.36. The molecule has 1 fully saturated rings. The van der Waals surface area contributed by atoms with Crippen molar-refractivity contribution < 1.29 is 22.7 Å². The zero-order valence-corrected chi connectivity index (χ0v) is 16.8. The zero-order chi connectivity index (χ0) is 19.4. The Balaban J connectivity index is 1.58. The van der Waals surface area contributed by atoms with E-state index in [0.717, 1.165) is 25.7 Å². The topological polar surface area (TPSA) is 84.9 Å². The van der Waals surface area contributed by atoms with Crippen LogP contribution in [0, 0.1) is 0 Å². The molecule has 8 heteroatoms. The predicted molar refractivity (Wildman–Crippen MR) is 103 cm³/mol. The molecule has 1 amide bonds. The molecular formula is C19H28N2O5S. The molecule has 0 spiro atoms. The van der Waals surface area contributed by atoms with Gasteiger partial charge < -0.3 is 14.8 Å². The first-order chi connectivity index (χ1) is 12.9. The van der Waals surface area contributed by atoms with E-state index < -0.39 is 10.0 Å². The van der Waals surface area contributed by atoms with Crippen molar-refractivity contribution in [3.63, 3.8) is 0 Å². The van der Waals surface area contributed by atoms with Gasteiger partial charge in [0.05, 0.1) is 5.75 Å². The molecule has 1 N–H and O–H groups in total. The predicted octanol–water partition coefficient (Wildman–Crippen LogP) is 2.52. The summed E-state index contributed by atoms with van der Waals surface area (Å²) in [5, 5.41) is 2.70. The van der Waals surface area contributed by atoms with E-state index in [2.05, 4.69) is 5.32 Å². The number of carbonyl (C=O) groups is 1. The van der Waals surface area contributed by atoms with Crippen LogP contribution in [0.2, 0.25) is 0 Å². The molecule has 3 rings (SSSR count). The van der Waals surface area contributed by atoms with Crippen LogP contribution >= 0.6 is 0 Å². The van der Waals surface area contributed by atoms with E-state index in [-0.39, 0.29) is 37.1 Å². The lowest BCUT2D eigenvalue weighted by atomic mass is 9.95. The molecule has 0 bridgehead atoms. The van der Waals surface area contributed by atoms with Gasteiger partial charge >= 0.3 is 0 Å². The molecule has 0 saturated heterocycles. The zero-order valence-electron chi connectivity index (χ0n) is 15.9. The average molecular weight is 397 g/mol. The number of amides is 1. The van der Waals surface area contributed by atoms with Crippen LogP contribution in [0.25, 0.3) is 0 Å². The van der Waals surface area contributed by atoms with E-state index in [1.165, 1.54) is 6.42 Å². The Morgan fingerprint density at radius 1 is 1.19 bits per heavy atom. The van der Waals surface area contributed by atoms with Crippen LogP contribution in [0.3, 0.4) is 0 Å². The summed E-state index contributed by atoms with van der Waals surface area (Å²) in [5.74, 6) is 0.711. The fourth-order valence-electron chi connectivity index (χ4n) is 3.84. The van der Waals surface area contributed by atoms with Crippen molar-refractivity contribution in [2.45, 2.75) is 58.0 Å². The molecule has 1 aliphatic heterocycles. The SMILES string of the molecule is CC(C)N(C1CCCCC1)S(=O)(=O)CCNC(=O)c1ccc2c(c1)OCO2. The first-order valence-electron chi connectivity index (χ1n) is 9.57. The first-order valence-corrected chi connectivity index (χ1v) is 11.2. The van der Waals surface area contributed by atoms with Gasteiger partial charge in [-0.2, -0.15) is 4.31 Å². The molecule has 150 valence electrons. The molecule has 0 unspecified atom stereocenters. The number of sulfonamides is 1. The molecule has 0 atom stereocenters. The van der Waals surface area contributed by atoms with Gasteiger partial charge in [0.2, 0.25) is 16.8 Å². The lowest BCUT2D eigenvalue weighted by molar-refractivity contribution is 0.0955. The van der Waals surface area contributed by atoms with Gasteiger partial charge in [-0.1, -0.05) is 19.3 Å². The Hall–Kier alpha value is -1.80. The largest absolute Gasteiger partial charge is 0.454 e. The molecule has 1 aromatic carbocycles. The van der Waals surface area contributed by atoms with Gasteiger partial charge in [0, 0.05) is 24.2 Å². The standard InChI is InChI=1S/C19H28N2O5S/c1-14(2)21(16-6-4-3-5-7-16)27(23,24)11-10-20-19(22)15-8-9-17-18(12-15)26-13-25-17/h8-9,12,14,16H,3-7,10-11,13H2,1-2H3,(H,20,22).